The fraction of sp³-hybridized carbons (Fsp3) is 0.903. The van der Waals surface area contributed by atoms with Gasteiger partial charge in [-0.25, -0.2) is 0 Å². The molecule has 0 aromatic rings. The first kappa shape index (κ1) is 66.3. The molecular formula is C62H119NO5. The molecule has 0 saturated heterocycles. The quantitative estimate of drug-likeness (QED) is 0.0321. The van der Waals surface area contributed by atoms with Gasteiger partial charge in [0.25, 0.3) is 0 Å². The minimum Gasteiger partial charge on any atom is -0.466 e. The molecule has 0 heterocycles. The molecule has 402 valence electrons. The molecule has 0 aromatic heterocycles. The van der Waals surface area contributed by atoms with Gasteiger partial charge in [-0.15, -0.1) is 0 Å². The number of aliphatic hydroxyl groups excluding tert-OH is 2. The molecule has 68 heavy (non-hydrogen) atoms. The second-order valence-corrected chi connectivity index (χ2v) is 21.0. The maximum absolute atomic E-state index is 12.5. The van der Waals surface area contributed by atoms with Crippen molar-refractivity contribution in [3.63, 3.8) is 0 Å². The minimum atomic E-state index is -0.852. The summed E-state index contributed by atoms with van der Waals surface area (Å²) in [4.78, 5) is 24.6. The Bertz CT molecular complexity index is 1060. The van der Waals surface area contributed by atoms with E-state index in [1.807, 2.05) is 6.08 Å². The SMILES string of the molecule is CCCCCCCCCCCCCCCC/C=C/C(O)C(CO)NC(=O)CCCCCCCCC/C=C\CCCCCCCCOC(=O)CCCCCCCCCCCCCCCCCCCC. The first-order valence-corrected chi connectivity index (χ1v) is 30.6. The van der Waals surface area contributed by atoms with Gasteiger partial charge in [-0.05, 0) is 57.8 Å². The van der Waals surface area contributed by atoms with Crippen molar-refractivity contribution in [1.29, 1.82) is 0 Å². The van der Waals surface area contributed by atoms with Crippen LogP contribution in [0.25, 0.3) is 0 Å². The zero-order valence-corrected chi connectivity index (χ0v) is 45.9. The lowest BCUT2D eigenvalue weighted by Gasteiger charge is -2.20. The van der Waals surface area contributed by atoms with Crippen LogP contribution in [-0.2, 0) is 14.3 Å². The van der Waals surface area contributed by atoms with Crippen LogP contribution < -0.4 is 5.32 Å². The summed E-state index contributed by atoms with van der Waals surface area (Å²) in [6.45, 7) is 4.91. The Kier molecular flexibility index (Phi) is 56.5. The monoisotopic (exact) mass is 958 g/mol. The number of ether oxygens (including phenoxy) is 1. The molecule has 0 aromatic carbocycles. The Balaban J connectivity index is 3.45. The number of carbonyl (C=O) groups excluding carboxylic acids is 2. The van der Waals surface area contributed by atoms with E-state index < -0.39 is 12.1 Å². The lowest BCUT2D eigenvalue weighted by atomic mass is 10.0. The number of rotatable bonds is 57. The number of carbonyl (C=O) groups is 2. The second-order valence-electron chi connectivity index (χ2n) is 21.0. The van der Waals surface area contributed by atoms with Crippen molar-refractivity contribution in [2.24, 2.45) is 0 Å². The summed E-state index contributed by atoms with van der Waals surface area (Å²) in [5.74, 6) is -0.0761. The van der Waals surface area contributed by atoms with Crippen LogP contribution in [-0.4, -0.2) is 47.4 Å². The van der Waals surface area contributed by atoms with Crippen molar-refractivity contribution in [3.05, 3.63) is 24.3 Å². The summed E-state index contributed by atoms with van der Waals surface area (Å²) in [7, 11) is 0. The molecule has 3 N–H and O–H groups in total. The summed E-state index contributed by atoms with van der Waals surface area (Å²) >= 11 is 0. The number of hydrogen-bond donors (Lipinski definition) is 3. The maximum atomic E-state index is 12.5. The molecule has 1 amide bonds. The van der Waals surface area contributed by atoms with E-state index in [1.54, 1.807) is 6.08 Å². The van der Waals surface area contributed by atoms with Crippen LogP contribution in [0.1, 0.15) is 335 Å². The van der Waals surface area contributed by atoms with Crippen LogP contribution >= 0.6 is 0 Å². The molecule has 0 saturated carbocycles. The molecule has 6 nitrogen and oxygen atoms in total. The molecule has 2 unspecified atom stereocenters. The van der Waals surface area contributed by atoms with Crippen molar-refractivity contribution in [3.8, 4) is 0 Å². The average molecular weight is 959 g/mol. The Labute approximate surface area is 424 Å². The molecule has 0 bridgehead atoms. The number of hydrogen-bond acceptors (Lipinski definition) is 5. The van der Waals surface area contributed by atoms with Gasteiger partial charge in [0.1, 0.15) is 0 Å². The van der Waals surface area contributed by atoms with Crippen molar-refractivity contribution >= 4 is 11.9 Å². The van der Waals surface area contributed by atoms with Gasteiger partial charge in [0.2, 0.25) is 5.91 Å². The van der Waals surface area contributed by atoms with Gasteiger partial charge in [-0.2, -0.15) is 0 Å². The molecule has 0 rings (SSSR count). The third-order valence-corrected chi connectivity index (χ3v) is 14.2. The predicted molar refractivity (Wildman–Crippen MR) is 296 cm³/mol. The van der Waals surface area contributed by atoms with Gasteiger partial charge >= 0.3 is 5.97 Å². The largest absolute Gasteiger partial charge is 0.466 e. The van der Waals surface area contributed by atoms with Gasteiger partial charge in [0.15, 0.2) is 0 Å². The Hall–Kier alpha value is -1.66. The van der Waals surface area contributed by atoms with E-state index in [4.69, 9.17) is 4.74 Å². The van der Waals surface area contributed by atoms with E-state index in [1.165, 1.54) is 250 Å². The Morgan fingerprint density at radius 2 is 0.691 bits per heavy atom. The fourth-order valence-corrected chi connectivity index (χ4v) is 9.51. The summed E-state index contributed by atoms with van der Waals surface area (Å²) in [5, 5.41) is 23.1. The number of esters is 1. The number of unbranched alkanes of at least 4 members (excludes halogenated alkanes) is 44. The predicted octanol–water partition coefficient (Wildman–Crippen LogP) is 19.0. The van der Waals surface area contributed by atoms with Crippen LogP contribution in [0.15, 0.2) is 24.3 Å². The lowest BCUT2D eigenvalue weighted by Crippen LogP contribution is -2.45. The highest BCUT2D eigenvalue weighted by atomic mass is 16.5. The molecule has 0 aliphatic carbocycles. The summed E-state index contributed by atoms with van der Waals surface area (Å²) in [6.07, 6.45) is 70.6. The summed E-state index contributed by atoms with van der Waals surface area (Å²) in [5.41, 5.74) is 0. The maximum Gasteiger partial charge on any atom is 0.305 e. The van der Waals surface area contributed by atoms with Crippen LogP contribution in [0.2, 0.25) is 0 Å². The van der Waals surface area contributed by atoms with E-state index in [-0.39, 0.29) is 18.5 Å². The molecular weight excluding hydrogens is 839 g/mol. The molecule has 6 heteroatoms. The van der Waals surface area contributed by atoms with Crippen LogP contribution in [0.3, 0.4) is 0 Å². The molecule has 0 aliphatic heterocycles. The van der Waals surface area contributed by atoms with Gasteiger partial charge in [0, 0.05) is 12.8 Å². The lowest BCUT2D eigenvalue weighted by molar-refractivity contribution is -0.143. The van der Waals surface area contributed by atoms with Crippen LogP contribution in [0, 0.1) is 0 Å². The van der Waals surface area contributed by atoms with E-state index in [0.29, 0.717) is 19.4 Å². The molecule has 2 atom stereocenters. The molecule has 0 spiro atoms. The van der Waals surface area contributed by atoms with Gasteiger partial charge < -0.3 is 20.3 Å². The highest BCUT2D eigenvalue weighted by Crippen LogP contribution is 2.17. The minimum absolute atomic E-state index is 0.00198. The van der Waals surface area contributed by atoms with Crippen LogP contribution in [0.5, 0.6) is 0 Å². The molecule has 0 radical (unpaired) electrons. The normalized spacial score (nSPS) is 12.7. The fourth-order valence-electron chi connectivity index (χ4n) is 9.51. The van der Waals surface area contributed by atoms with Gasteiger partial charge in [-0.1, -0.05) is 289 Å². The third-order valence-electron chi connectivity index (χ3n) is 14.2. The number of aliphatic hydroxyl groups is 2. The van der Waals surface area contributed by atoms with Gasteiger partial charge in [0.05, 0.1) is 25.4 Å². The summed E-state index contributed by atoms with van der Waals surface area (Å²) in [6, 6.07) is -0.636. The van der Waals surface area contributed by atoms with E-state index in [2.05, 4.69) is 31.3 Å². The number of amides is 1. The van der Waals surface area contributed by atoms with Crippen LogP contribution in [0.4, 0.5) is 0 Å². The van der Waals surface area contributed by atoms with Crippen molar-refractivity contribution in [2.45, 2.75) is 347 Å². The topological polar surface area (TPSA) is 95.9 Å². The third kappa shape index (κ3) is 53.7. The molecule has 0 fully saturated rings. The first-order valence-electron chi connectivity index (χ1n) is 30.6. The zero-order valence-electron chi connectivity index (χ0n) is 45.9. The van der Waals surface area contributed by atoms with Crippen molar-refractivity contribution < 1.29 is 24.5 Å². The first-order chi connectivity index (χ1) is 33.5. The van der Waals surface area contributed by atoms with E-state index >= 15 is 0 Å². The van der Waals surface area contributed by atoms with Crippen molar-refractivity contribution in [1.82, 2.24) is 5.32 Å². The standard InChI is InChI=1S/C62H119NO5/c1-3-5-7-9-11-13-15-17-19-21-24-28-32-36-40-44-48-52-56-62(67)68-57-53-49-45-41-37-33-29-25-22-23-27-31-35-39-43-47-51-55-61(66)63-59(58-64)60(65)54-50-46-42-38-34-30-26-20-18-16-14-12-10-8-6-4-2/h22,25,50,54,59-60,64-65H,3-21,23-24,26-49,51-53,55-58H2,1-2H3,(H,63,66)/b25-22-,54-50+. The highest BCUT2D eigenvalue weighted by Gasteiger charge is 2.18. The van der Waals surface area contributed by atoms with Gasteiger partial charge in [-0.3, -0.25) is 9.59 Å². The smallest absolute Gasteiger partial charge is 0.305 e. The average Bonchev–Trinajstić information content (AvgIpc) is 3.34. The second kappa shape index (κ2) is 57.9. The Morgan fingerprint density at radius 3 is 1.04 bits per heavy atom. The number of nitrogens with one attached hydrogen (secondary N) is 1. The summed E-state index contributed by atoms with van der Waals surface area (Å²) < 4.78 is 5.49. The Morgan fingerprint density at radius 1 is 0.397 bits per heavy atom. The highest BCUT2D eigenvalue weighted by molar-refractivity contribution is 5.76. The molecule has 0 aliphatic rings. The van der Waals surface area contributed by atoms with Crippen molar-refractivity contribution in [2.75, 3.05) is 13.2 Å². The van der Waals surface area contributed by atoms with E-state index in [9.17, 15) is 19.8 Å². The van der Waals surface area contributed by atoms with E-state index in [0.717, 1.165) is 57.8 Å². The zero-order chi connectivity index (χ0) is 49.3. The number of allylic oxidation sites excluding steroid dienone is 3.